The molecule has 1 unspecified atom stereocenters. The largest absolute Gasteiger partial charge is 0.489 e. The molecule has 0 bridgehead atoms. The smallest absolute Gasteiger partial charge is 0.119 e. The van der Waals surface area contributed by atoms with Crippen LogP contribution in [0.15, 0.2) is 84.9 Å². The predicted octanol–water partition coefficient (Wildman–Crippen LogP) is 9.09. The molecule has 0 fully saturated rings. The molecule has 0 spiro atoms. The molecule has 0 aromatic heterocycles. The molecule has 0 radical (unpaired) electrons. The fourth-order valence-electron chi connectivity index (χ4n) is 4.63. The Bertz CT molecular complexity index is 967. The van der Waals surface area contributed by atoms with Gasteiger partial charge in [0.2, 0.25) is 0 Å². The minimum Gasteiger partial charge on any atom is -0.489 e. The summed E-state index contributed by atoms with van der Waals surface area (Å²) in [6.07, 6.45) is 13.3. The molecule has 3 aromatic rings. The SMILES string of the molecule is CCCCCCC1CC=C(c2ccc(-c3ccc(OCc4ccccc4)cc3)cc2)CC1. The molecule has 0 saturated heterocycles. The molecule has 1 aliphatic rings. The topological polar surface area (TPSA) is 9.23 Å². The molecule has 0 aliphatic heterocycles. The number of benzene rings is 3. The first-order valence-electron chi connectivity index (χ1n) is 12.4. The van der Waals surface area contributed by atoms with Crippen LogP contribution in [-0.2, 0) is 6.61 Å². The van der Waals surface area contributed by atoms with Crippen LogP contribution in [0.4, 0.5) is 0 Å². The van der Waals surface area contributed by atoms with Gasteiger partial charge in [-0.2, -0.15) is 0 Å². The summed E-state index contributed by atoms with van der Waals surface area (Å²) in [7, 11) is 0. The Hall–Kier alpha value is -2.80. The van der Waals surface area contributed by atoms with Gasteiger partial charge in [-0.15, -0.1) is 0 Å². The highest BCUT2D eigenvalue weighted by Crippen LogP contribution is 2.34. The van der Waals surface area contributed by atoms with Crippen LogP contribution in [0.25, 0.3) is 16.7 Å². The molecule has 4 rings (SSSR count). The monoisotopic (exact) mass is 424 g/mol. The Balaban J connectivity index is 1.30. The van der Waals surface area contributed by atoms with E-state index in [-0.39, 0.29) is 0 Å². The zero-order valence-electron chi connectivity index (χ0n) is 19.4. The highest BCUT2D eigenvalue weighted by atomic mass is 16.5. The quantitative estimate of drug-likeness (QED) is 0.295. The van der Waals surface area contributed by atoms with E-state index in [9.17, 15) is 0 Å². The van der Waals surface area contributed by atoms with Gasteiger partial charge in [0, 0.05) is 0 Å². The first kappa shape index (κ1) is 22.4. The molecule has 3 aromatic carbocycles. The van der Waals surface area contributed by atoms with E-state index in [2.05, 4.69) is 73.7 Å². The number of hydrogen-bond donors (Lipinski definition) is 0. The van der Waals surface area contributed by atoms with E-state index in [0.717, 1.165) is 11.7 Å². The minimum atomic E-state index is 0.601. The zero-order chi connectivity index (χ0) is 22.0. The van der Waals surface area contributed by atoms with Gasteiger partial charge in [0.25, 0.3) is 0 Å². The average Bonchev–Trinajstić information content (AvgIpc) is 2.87. The van der Waals surface area contributed by atoms with Crippen molar-refractivity contribution in [1.82, 2.24) is 0 Å². The van der Waals surface area contributed by atoms with Gasteiger partial charge in [-0.3, -0.25) is 0 Å². The van der Waals surface area contributed by atoms with Crippen LogP contribution in [0.1, 0.15) is 69.4 Å². The molecule has 1 heteroatoms. The van der Waals surface area contributed by atoms with Crippen molar-refractivity contribution in [3.8, 4) is 16.9 Å². The first-order chi connectivity index (χ1) is 15.8. The normalized spacial score (nSPS) is 15.9. The zero-order valence-corrected chi connectivity index (χ0v) is 19.4. The van der Waals surface area contributed by atoms with Gasteiger partial charge in [-0.1, -0.05) is 112 Å². The molecule has 0 amide bonds. The lowest BCUT2D eigenvalue weighted by atomic mass is 9.83. The van der Waals surface area contributed by atoms with Crippen molar-refractivity contribution < 1.29 is 4.74 Å². The number of unbranched alkanes of at least 4 members (excludes halogenated alkanes) is 3. The van der Waals surface area contributed by atoms with Crippen molar-refractivity contribution in [3.63, 3.8) is 0 Å². The van der Waals surface area contributed by atoms with Crippen molar-refractivity contribution in [2.45, 2.75) is 64.9 Å². The first-order valence-corrected chi connectivity index (χ1v) is 12.4. The Kier molecular flexibility index (Phi) is 8.20. The maximum Gasteiger partial charge on any atom is 0.119 e. The van der Waals surface area contributed by atoms with Crippen LogP contribution in [-0.4, -0.2) is 0 Å². The predicted molar refractivity (Wildman–Crippen MR) is 137 cm³/mol. The number of ether oxygens (including phenoxy) is 1. The van der Waals surface area contributed by atoms with E-state index in [4.69, 9.17) is 4.74 Å². The van der Waals surface area contributed by atoms with Crippen LogP contribution in [0.5, 0.6) is 5.75 Å². The second-order valence-electron chi connectivity index (χ2n) is 9.10. The fraction of sp³-hybridized carbons (Fsp3) is 0.355. The molecular weight excluding hydrogens is 388 g/mol. The Morgan fingerprint density at radius 3 is 2.09 bits per heavy atom. The molecule has 0 N–H and O–H groups in total. The fourth-order valence-corrected chi connectivity index (χ4v) is 4.63. The standard InChI is InChI=1S/C31H36O/c1-2-3-4-6-9-25-12-14-27(15-13-25)28-16-18-29(19-17-28)30-20-22-31(23-21-30)32-24-26-10-7-5-8-11-26/h5,7-8,10-11,14,16-23,25H,2-4,6,9,12-13,15,24H2,1H3. The highest BCUT2D eigenvalue weighted by molar-refractivity contribution is 5.71. The van der Waals surface area contributed by atoms with Gasteiger partial charge in [0.05, 0.1) is 0 Å². The molecule has 1 nitrogen and oxygen atoms in total. The maximum absolute atomic E-state index is 5.92. The van der Waals surface area contributed by atoms with Crippen molar-refractivity contribution >= 4 is 5.57 Å². The van der Waals surface area contributed by atoms with Crippen molar-refractivity contribution in [3.05, 3.63) is 96.1 Å². The van der Waals surface area contributed by atoms with Crippen molar-refractivity contribution in [2.24, 2.45) is 5.92 Å². The van der Waals surface area contributed by atoms with Gasteiger partial charge in [0.15, 0.2) is 0 Å². The van der Waals surface area contributed by atoms with E-state index in [1.807, 2.05) is 18.2 Å². The second-order valence-corrected chi connectivity index (χ2v) is 9.10. The van der Waals surface area contributed by atoms with Crippen LogP contribution in [0.3, 0.4) is 0 Å². The van der Waals surface area contributed by atoms with Crippen molar-refractivity contribution in [2.75, 3.05) is 0 Å². The van der Waals surface area contributed by atoms with Gasteiger partial charge in [0.1, 0.15) is 12.4 Å². The molecule has 0 saturated carbocycles. The number of allylic oxidation sites excluding steroid dienone is 2. The number of hydrogen-bond acceptors (Lipinski definition) is 1. The van der Waals surface area contributed by atoms with Crippen LogP contribution < -0.4 is 4.74 Å². The summed E-state index contributed by atoms with van der Waals surface area (Å²) in [6, 6.07) is 27.8. The summed E-state index contributed by atoms with van der Waals surface area (Å²) >= 11 is 0. The van der Waals surface area contributed by atoms with Gasteiger partial charge >= 0.3 is 0 Å². The van der Waals surface area contributed by atoms with E-state index in [1.54, 1.807) is 0 Å². The maximum atomic E-state index is 5.92. The van der Waals surface area contributed by atoms with E-state index in [1.165, 1.54) is 79.2 Å². The molecule has 166 valence electrons. The molecule has 1 aliphatic carbocycles. The Labute approximate surface area is 194 Å². The number of rotatable bonds is 10. The third kappa shape index (κ3) is 6.36. The Morgan fingerprint density at radius 2 is 1.44 bits per heavy atom. The lowest BCUT2D eigenvalue weighted by molar-refractivity contribution is 0.306. The highest BCUT2D eigenvalue weighted by Gasteiger charge is 2.15. The van der Waals surface area contributed by atoms with Crippen molar-refractivity contribution in [1.29, 1.82) is 0 Å². The van der Waals surface area contributed by atoms with Crippen LogP contribution in [0, 0.1) is 5.92 Å². The molecule has 1 atom stereocenters. The third-order valence-corrected chi connectivity index (χ3v) is 6.68. The molecule has 0 heterocycles. The summed E-state index contributed by atoms with van der Waals surface area (Å²) in [4.78, 5) is 0. The van der Waals surface area contributed by atoms with E-state index in [0.29, 0.717) is 6.61 Å². The summed E-state index contributed by atoms with van der Waals surface area (Å²) < 4.78 is 5.92. The van der Waals surface area contributed by atoms with Gasteiger partial charge < -0.3 is 4.74 Å². The second kappa shape index (κ2) is 11.7. The van der Waals surface area contributed by atoms with Gasteiger partial charge in [-0.05, 0) is 65.1 Å². The lowest BCUT2D eigenvalue weighted by Crippen LogP contribution is -2.05. The minimum absolute atomic E-state index is 0.601. The summed E-state index contributed by atoms with van der Waals surface area (Å²) in [5.41, 5.74) is 6.60. The van der Waals surface area contributed by atoms with E-state index >= 15 is 0 Å². The molecular formula is C31H36O. The summed E-state index contributed by atoms with van der Waals surface area (Å²) in [5.74, 6) is 1.81. The lowest BCUT2D eigenvalue weighted by Gasteiger charge is -2.22. The molecule has 32 heavy (non-hydrogen) atoms. The van der Waals surface area contributed by atoms with Crippen LogP contribution >= 0.6 is 0 Å². The van der Waals surface area contributed by atoms with Gasteiger partial charge in [-0.25, -0.2) is 0 Å². The summed E-state index contributed by atoms with van der Waals surface area (Å²) in [6.45, 7) is 2.89. The van der Waals surface area contributed by atoms with Crippen LogP contribution in [0.2, 0.25) is 0 Å². The Morgan fingerprint density at radius 1 is 0.750 bits per heavy atom. The average molecular weight is 425 g/mol. The third-order valence-electron chi connectivity index (χ3n) is 6.68. The summed E-state index contributed by atoms with van der Waals surface area (Å²) in [5, 5.41) is 0. The van der Waals surface area contributed by atoms with E-state index < -0.39 is 0 Å².